The average molecular weight is 293 g/mol. The van der Waals surface area contributed by atoms with Crippen LogP contribution in [0.15, 0.2) is 30.1 Å². The van der Waals surface area contributed by atoms with Gasteiger partial charge in [-0.15, -0.1) is 6.58 Å². The number of nitrogens with zero attached hydrogens (tertiary/aromatic N) is 3. The van der Waals surface area contributed by atoms with Crippen molar-refractivity contribution in [1.82, 2.24) is 9.97 Å². The Morgan fingerprint density at radius 2 is 2.30 bits per heavy atom. The van der Waals surface area contributed by atoms with Gasteiger partial charge in [0.1, 0.15) is 10.8 Å². The fourth-order valence-corrected chi connectivity index (χ4v) is 2.79. The van der Waals surface area contributed by atoms with Crippen molar-refractivity contribution in [2.75, 3.05) is 30.9 Å². The van der Waals surface area contributed by atoms with Crippen LogP contribution >= 0.6 is 11.8 Å². The van der Waals surface area contributed by atoms with E-state index in [1.807, 2.05) is 6.08 Å². The third kappa shape index (κ3) is 3.96. The van der Waals surface area contributed by atoms with Gasteiger partial charge in [-0.2, -0.15) is 0 Å². The summed E-state index contributed by atoms with van der Waals surface area (Å²) in [6.07, 6.45) is 7.69. The highest BCUT2D eigenvalue weighted by Gasteiger charge is 2.18. The Morgan fingerprint density at radius 3 is 2.95 bits per heavy atom. The standard InChI is InChI=1S/C14H19N3O2S/c1-3-11-4-6-17(7-5-11)12-8-15-9-13(16-12)20-10-14(18)19-2/h3,8-9,11H,1,4-7,10H2,2H3. The summed E-state index contributed by atoms with van der Waals surface area (Å²) < 4.78 is 4.61. The van der Waals surface area contributed by atoms with E-state index in [4.69, 9.17) is 0 Å². The van der Waals surface area contributed by atoms with E-state index in [1.54, 1.807) is 12.4 Å². The number of thioether (sulfide) groups is 1. The van der Waals surface area contributed by atoms with Crippen LogP contribution in [0.25, 0.3) is 0 Å². The largest absolute Gasteiger partial charge is 0.468 e. The zero-order valence-electron chi connectivity index (χ0n) is 11.6. The summed E-state index contributed by atoms with van der Waals surface area (Å²) in [5, 5.41) is 0.749. The third-order valence-electron chi connectivity index (χ3n) is 3.36. The molecule has 0 radical (unpaired) electrons. The molecule has 0 saturated carbocycles. The molecule has 0 bridgehead atoms. The maximum absolute atomic E-state index is 11.1. The number of anilines is 1. The smallest absolute Gasteiger partial charge is 0.316 e. The second kappa shape index (κ2) is 7.28. The Balaban J connectivity index is 1.95. The second-order valence-corrected chi connectivity index (χ2v) is 5.64. The molecule has 0 atom stereocenters. The summed E-state index contributed by atoms with van der Waals surface area (Å²) in [5.41, 5.74) is 0. The lowest BCUT2D eigenvalue weighted by Crippen LogP contribution is -2.33. The van der Waals surface area contributed by atoms with E-state index in [1.165, 1.54) is 18.9 Å². The summed E-state index contributed by atoms with van der Waals surface area (Å²) in [6.45, 7) is 5.79. The van der Waals surface area contributed by atoms with Gasteiger partial charge < -0.3 is 9.64 Å². The van der Waals surface area contributed by atoms with Gasteiger partial charge in [0.05, 0.1) is 25.3 Å². The van der Waals surface area contributed by atoms with E-state index in [9.17, 15) is 4.79 Å². The quantitative estimate of drug-likeness (QED) is 0.471. The van der Waals surface area contributed by atoms with Crippen molar-refractivity contribution in [2.24, 2.45) is 5.92 Å². The zero-order valence-corrected chi connectivity index (χ0v) is 12.4. The van der Waals surface area contributed by atoms with Gasteiger partial charge in [-0.05, 0) is 18.8 Å². The van der Waals surface area contributed by atoms with Gasteiger partial charge in [0, 0.05) is 13.1 Å². The van der Waals surface area contributed by atoms with Crippen LogP contribution in [0, 0.1) is 5.92 Å². The van der Waals surface area contributed by atoms with Crippen LogP contribution in [0.1, 0.15) is 12.8 Å². The number of ether oxygens (including phenoxy) is 1. The first-order chi connectivity index (χ1) is 9.72. The molecule has 1 aliphatic rings. The lowest BCUT2D eigenvalue weighted by Gasteiger charge is -2.31. The van der Waals surface area contributed by atoms with E-state index in [2.05, 4.69) is 26.2 Å². The van der Waals surface area contributed by atoms with E-state index >= 15 is 0 Å². The van der Waals surface area contributed by atoms with Crippen molar-refractivity contribution in [2.45, 2.75) is 17.9 Å². The maximum atomic E-state index is 11.1. The first kappa shape index (κ1) is 14.8. The number of esters is 1. The molecule has 2 heterocycles. The molecule has 0 aliphatic carbocycles. The predicted octanol–water partition coefficient (Wildman–Crippen LogP) is 2.14. The van der Waals surface area contributed by atoms with Crippen LogP contribution < -0.4 is 4.90 Å². The number of methoxy groups -OCH3 is 1. The number of aromatic nitrogens is 2. The third-order valence-corrected chi connectivity index (χ3v) is 4.23. The zero-order chi connectivity index (χ0) is 14.4. The van der Waals surface area contributed by atoms with Crippen LogP contribution in [0.3, 0.4) is 0 Å². The van der Waals surface area contributed by atoms with E-state index < -0.39 is 0 Å². The average Bonchev–Trinajstić information content (AvgIpc) is 2.53. The van der Waals surface area contributed by atoms with Gasteiger partial charge in [0.15, 0.2) is 0 Å². The minimum atomic E-state index is -0.256. The maximum Gasteiger partial charge on any atom is 0.316 e. The number of hydrogen-bond acceptors (Lipinski definition) is 6. The molecule has 0 aromatic carbocycles. The summed E-state index contributed by atoms with van der Waals surface area (Å²) >= 11 is 1.35. The van der Waals surface area contributed by atoms with E-state index in [-0.39, 0.29) is 11.7 Å². The Kier molecular flexibility index (Phi) is 5.40. The van der Waals surface area contributed by atoms with Crippen LogP contribution in [0.5, 0.6) is 0 Å². The first-order valence-electron chi connectivity index (χ1n) is 6.62. The molecule has 1 aliphatic heterocycles. The molecule has 0 unspecified atom stereocenters. The molecular weight excluding hydrogens is 274 g/mol. The minimum absolute atomic E-state index is 0.256. The summed E-state index contributed by atoms with van der Waals surface area (Å²) in [5.74, 6) is 1.49. The molecular formula is C14H19N3O2S. The lowest BCUT2D eigenvalue weighted by atomic mass is 9.97. The van der Waals surface area contributed by atoms with Crippen molar-refractivity contribution < 1.29 is 9.53 Å². The predicted molar refractivity (Wildman–Crippen MR) is 79.9 cm³/mol. The monoisotopic (exact) mass is 293 g/mol. The molecule has 1 fully saturated rings. The molecule has 0 N–H and O–H groups in total. The summed E-state index contributed by atoms with van der Waals surface area (Å²) in [7, 11) is 1.38. The van der Waals surface area contributed by atoms with Gasteiger partial charge in [0.25, 0.3) is 0 Å². The van der Waals surface area contributed by atoms with Crippen molar-refractivity contribution >= 4 is 23.5 Å². The molecule has 0 amide bonds. The Labute approximate surface area is 123 Å². The minimum Gasteiger partial charge on any atom is -0.468 e. The molecule has 1 saturated heterocycles. The molecule has 5 nitrogen and oxygen atoms in total. The van der Waals surface area contributed by atoms with Crippen molar-refractivity contribution in [3.63, 3.8) is 0 Å². The Hall–Kier alpha value is -1.56. The Morgan fingerprint density at radius 1 is 1.55 bits per heavy atom. The normalized spacial score (nSPS) is 15.9. The summed E-state index contributed by atoms with van der Waals surface area (Å²) in [4.78, 5) is 22.1. The number of hydrogen-bond donors (Lipinski definition) is 0. The topological polar surface area (TPSA) is 55.3 Å². The molecule has 0 spiro atoms. The second-order valence-electron chi connectivity index (χ2n) is 4.64. The van der Waals surface area contributed by atoms with Crippen molar-refractivity contribution in [1.29, 1.82) is 0 Å². The molecule has 20 heavy (non-hydrogen) atoms. The lowest BCUT2D eigenvalue weighted by molar-refractivity contribution is -0.137. The molecule has 2 rings (SSSR count). The highest BCUT2D eigenvalue weighted by molar-refractivity contribution is 7.99. The fourth-order valence-electron chi connectivity index (χ4n) is 2.12. The van der Waals surface area contributed by atoms with E-state index in [0.717, 1.165) is 36.8 Å². The molecule has 108 valence electrons. The van der Waals surface area contributed by atoms with Gasteiger partial charge >= 0.3 is 5.97 Å². The SMILES string of the molecule is C=CC1CCN(c2cncc(SCC(=O)OC)n2)CC1. The molecule has 6 heteroatoms. The number of carbonyl (C=O) groups is 1. The van der Waals surface area contributed by atoms with Crippen molar-refractivity contribution in [3.8, 4) is 0 Å². The fraction of sp³-hybridized carbons (Fsp3) is 0.500. The van der Waals surface area contributed by atoms with Gasteiger partial charge in [-0.1, -0.05) is 17.8 Å². The number of allylic oxidation sites excluding steroid dienone is 1. The summed E-state index contributed by atoms with van der Waals surface area (Å²) in [6, 6.07) is 0. The van der Waals surface area contributed by atoms with E-state index in [0.29, 0.717) is 5.92 Å². The van der Waals surface area contributed by atoms with Gasteiger partial charge in [-0.25, -0.2) is 4.98 Å². The highest BCUT2D eigenvalue weighted by atomic mass is 32.2. The van der Waals surface area contributed by atoms with Gasteiger partial charge in [0.2, 0.25) is 0 Å². The number of piperidine rings is 1. The Bertz CT molecular complexity index is 473. The van der Waals surface area contributed by atoms with Crippen LogP contribution in [0.2, 0.25) is 0 Å². The van der Waals surface area contributed by atoms with Crippen LogP contribution in [-0.2, 0) is 9.53 Å². The van der Waals surface area contributed by atoms with Crippen LogP contribution in [0.4, 0.5) is 5.82 Å². The highest BCUT2D eigenvalue weighted by Crippen LogP contribution is 2.24. The van der Waals surface area contributed by atoms with Crippen molar-refractivity contribution in [3.05, 3.63) is 25.0 Å². The number of rotatable bonds is 5. The number of carbonyl (C=O) groups excluding carboxylic acids is 1. The van der Waals surface area contributed by atoms with Gasteiger partial charge in [-0.3, -0.25) is 9.78 Å². The first-order valence-corrected chi connectivity index (χ1v) is 7.60. The molecule has 1 aromatic rings. The van der Waals surface area contributed by atoms with Crippen LogP contribution in [-0.4, -0.2) is 41.9 Å². The molecule has 1 aromatic heterocycles.